The lowest BCUT2D eigenvalue weighted by Gasteiger charge is -2.18. The van der Waals surface area contributed by atoms with E-state index in [9.17, 15) is 27.9 Å². The van der Waals surface area contributed by atoms with Gasteiger partial charge in [-0.25, -0.2) is 9.59 Å². The number of nitrogens with one attached hydrogen (secondary N) is 2. The van der Waals surface area contributed by atoms with E-state index >= 15 is 0 Å². The van der Waals surface area contributed by atoms with Crippen molar-refractivity contribution in [2.24, 2.45) is 0 Å². The molecule has 0 spiro atoms. The van der Waals surface area contributed by atoms with Gasteiger partial charge in [-0.05, 0) is 25.1 Å². The summed E-state index contributed by atoms with van der Waals surface area (Å²) in [5, 5.41) is 21.9. The van der Waals surface area contributed by atoms with Crippen LogP contribution in [-0.2, 0) is 11.0 Å². The number of urea groups is 1. The van der Waals surface area contributed by atoms with E-state index in [4.69, 9.17) is 16.7 Å². The first-order valence-electron chi connectivity index (χ1n) is 5.81. The second-order valence-electron chi connectivity index (χ2n) is 4.58. The van der Waals surface area contributed by atoms with E-state index in [2.05, 4.69) is 10.6 Å². The summed E-state index contributed by atoms with van der Waals surface area (Å²) in [5.74, 6) is -1.54. The number of benzene rings is 1. The Morgan fingerprint density at radius 2 is 1.91 bits per heavy atom. The topological polar surface area (TPSA) is 98.7 Å². The van der Waals surface area contributed by atoms with Crippen LogP contribution in [0.1, 0.15) is 12.5 Å². The smallest absolute Gasteiger partial charge is 0.416 e. The Balaban J connectivity index is 2.72. The molecule has 4 N–H and O–H groups in total. The number of alkyl halides is 3. The molecule has 0 aromatic heterocycles. The summed E-state index contributed by atoms with van der Waals surface area (Å²) < 4.78 is 37.3. The second kappa shape index (κ2) is 6.41. The zero-order valence-corrected chi connectivity index (χ0v) is 11.9. The molecule has 6 nitrogen and oxygen atoms in total. The van der Waals surface area contributed by atoms with Crippen LogP contribution in [0.15, 0.2) is 18.2 Å². The number of aliphatic carboxylic acids is 1. The normalized spacial score (nSPS) is 14.1. The van der Waals surface area contributed by atoms with E-state index in [0.717, 1.165) is 19.1 Å². The molecule has 22 heavy (non-hydrogen) atoms. The molecule has 0 heterocycles. The molecule has 1 aromatic carbocycles. The molecule has 122 valence electrons. The van der Waals surface area contributed by atoms with E-state index < -0.39 is 35.9 Å². The zero-order valence-electron chi connectivity index (χ0n) is 11.2. The minimum Gasteiger partial charge on any atom is -0.479 e. The Morgan fingerprint density at radius 3 is 2.36 bits per heavy atom. The molecule has 0 saturated carbocycles. The van der Waals surface area contributed by atoms with Crippen LogP contribution >= 0.6 is 11.6 Å². The predicted octanol–water partition coefficient (Wildman–Crippen LogP) is 2.32. The van der Waals surface area contributed by atoms with E-state index in [1.54, 1.807) is 0 Å². The first-order valence-corrected chi connectivity index (χ1v) is 6.18. The van der Waals surface area contributed by atoms with Crippen molar-refractivity contribution in [2.75, 3.05) is 11.9 Å². The van der Waals surface area contributed by atoms with Crippen molar-refractivity contribution in [2.45, 2.75) is 18.7 Å². The molecule has 0 fully saturated rings. The molecule has 0 bridgehead atoms. The van der Waals surface area contributed by atoms with Crippen molar-refractivity contribution in [3.63, 3.8) is 0 Å². The molecule has 2 amide bonds. The molecule has 0 aliphatic rings. The summed E-state index contributed by atoms with van der Waals surface area (Å²) in [6, 6.07) is 1.41. The first kappa shape index (κ1) is 18.1. The Hall–Kier alpha value is -2.00. The number of carboxylic acids is 1. The number of aliphatic hydroxyl groups is 1. The minimum atomic E-state index is -4.56. The van der Waals surface area contributed by atoms with E-state index in [0.29, 0.717) is 6.07 Å². The van der Waals surface area contributed by atoms with Gasteiger partial charge >= 0.3 is 18.2 Å². The molecule has 1 aromatic rings. The Bertz CT molecular complexity index is 590. The summed E-state index contributed by atoms with van der Waals surface area (Å²) in [6.07, 6.45) is -4.56. The molecule has 0 aliphatic carbocycles. The Kier molecular flexibility index (Phi) is 5.26. The standard InChI is InChI=1S/C12H12ClF3N2O4/c1-11(22,9(19)20)5-17-10(21)18-8-3-2-6(4-7(8)13)12(14,15)16/h2-4,22H,5H2,1H3,(H,19,20)(H2,17,18,21). The molecule has 0 aliphatic heterocycles. The van der Waals surface area contributed by atoms with Gasteiger partial charge in [-0.2, -0.15) is 13.2 Å². The first-order chi connectivity index (χ1) is 9.93. The highest BCUT2D eigenvalue weighted by molar-refractivity contribution is 6.33. The summed E-state index contributed by atoms with van der Waals surface area (Å²) in [4.78, 5) is 22.1. The van der Waals surface area contributed by atoms with Crippen LogP contribution in [0.2, 0.25) is 5.02 Å². The fraction of sp³-hybridized carbons (Fsp3) is 0.333. The van der Waals surface area contributed by atoms with E-state index in [1.807, 2.05) is 0 Å². The van der Waals surface area contributed by atoms with Crippen LogP contribution in [-0.4, -0.2) is 34.4 Å². The van der Waals surface area contributed by atoms with Crippen LogP contribution in [0.5, 0.6) is 0 Å². The third-order valence-electron chi connectivity index (χ3n) is 2.60. The number of carbonyl (C=O) groups excluding carboxylic acids is 1. The lowest BCUT2D eigenvalue weighted by Crippen LogP contribution is -2.47. The number of carbonyl (C=O) groups is 2. The van der Waals surface area contributed by atoms with Gasteiger partial charge in [0.1, 0.15) is 0 Å². The number of carboxylic acid groups (broad SMARTS) is 1. The zero-order chi connectivity index (χ0) is 17.1. The molecule has 1 rings (SSSR count). The summed E-state index contributed by atoms with van der Waals surface area (Å²) in [6.45, 7) is 0.368. The predicted molar refractivity (Wildman–Crippen MR) is 71.7 cm³/mol. The van der Waals surface area contributed by atoms with Crippen molar-refractivity contribution < 1.29 is 33.0 Å². The number of halogens is 4. The van der Waals surface area contributed by atoms with E-state index in [-0.39, 0.29) is 10.7 Å². The number of amides is 2. The lowest BCUT2D eigenvalue weighted by molar-refractivity contribution is -0.155. The second-order valence-corrected chi connectivity index (χ2v) is 4.99. The fourth-order valence-corrected chi connectivity index (χ4v) is 1.52. The Morgan fingerprint density at radius 1 is 1.32 bits per heavy atom. The molecular formula is C12H12ClF3N2O4. The number of hydrogen-bond donors (Lipinski definition) is 4. The van der Waals surface area contributed by atoms with Crippen molar-refractivity contribution in [3.05, 3.63) is 28.8 Å². The highest BCUT2D eigenvalue weighted by atomic mass is 35.5. The average Bonchev–Trinajstić information content (AvgIpc) is 2.37. The van der Waals surface area contributed by atoms with E-state index in [1.165, 1.54) is 0 Å². The van der Waals surface area contributed by atoms with Crippen molar-refractivity contribution >= 4 is 29.3 Å². The molecule has 0 saturated heterocycles. The molecule has 1 atom stereocenters. The number of rotatable bonds is 4. The maximum atomic E-state index is 12.4. The molecule has 10 heteroatoms. The maximum Gasteiger partial charge on any atom is 0.416 e. The molecular weight excluding hydrogens is 329 g/mol. The molecule has 1 unspecified atom stereocenters. The third-order valence-corrected chi connectivity index (χ3v) is 2.91. The average molecular weight is 341 g/mol. The van der Waals surface area contributed by atoms with Gasteiger partial charge in [-0.15, -0.1) is 0 Å². The largest absolute Gasteiger partial charge is 0.479 e. The SMILES string of the molecule is CC(O)(CNC(=O)Nc1ccc(C(F)(F)F)cc1Cl)C(=O)O. The van der Waals surface area contributed by atoms with Gasteiger partial charge < -0.3 is 20.8 Å². The highest BCUT2D eigenvalue weighted by Crippen LogP contribution is 2.33. The van der Waals surface area contributed by atoms with Crippen molar-refractivity contribution in [1.29, 1.82) is 0 Å². The van der Waals surface area contributed by atoms with Gasteiger partial charge in [0.25, 0.3) is 0 Å². The van der Waals surface area contributed by atoms with Crippen LogP contribution < -0.4 is 10.6 Å². The fourth-order valence-electron chi connectivity index (χ4n) is 1.29. The van der Waals surface area contributed by atoms with Crippen molar-refractivity contribution in [1.82, 2.24) is 5.32 Å². The van der Waals surface area contributed by atoms with Crippen LogP contribution in [0.25, 0.3) is 0 Å². The van der Waals surface area contributed by atoms with Gasteiger partial charge in [0.2, 0.25) is 0 Å². The van der Waals surface area contributed by atoms with Gasteiger partial charge in [-0.1, -0.05) is 11.6 Å². The maximum absolute atomic E-state index is 12.4. The highest BCUT2D eigenvalue weighted by Gasteiger charge is 2.32. The van der Waals surface area contributed by atoms with Gasteiger partial charge in [0.15, 0.2) is 5.60 Å². The molecule has 0 radical (unpaired) electrons. The minimum absolute atomic E-state index is 0.0952. The van der Waals surface area contributed by atoms with Crippen LogP contribution in [0, 0.1) is 0 Å². The number of anilines is 1. The third kappa shape index (κ3) is 4.78. The van der Waals surface area contributed by atoms with Gasteiger partial charge in [0.05, 0.1) is 22.8 Å². The van der Waals surface area contributed by atoms with Crippen LogP contribution in [0.4, 0.5) is 23.7 Å². The summed E-state index contributed by atoms with van der Waals surface area (Å²) >= 11 is 5.63. The van der Waals surface area contributed by atoms with Crippen LogP contribution in [0.3, 0.4) is 0 Å². The lowest BCUT2D eigenvalue weighted by atomic mass is 10.1. The Labute approximate surface area is 127 Å². The van der Waals surface area contributed by atoms with Gasteiger partial charge in [-0.3, -0.25) is 0 Å². The van der Waals surface area contributed by atoms with Crippen molar-refractivity contribution in [3.8, 4) is 0 Å². The summed E-state index contributed by atoms with van der Waals surface area (Å²) in [7, 11) is 0. The quantitative estimate of drug-likeness (QED) is 0.676. The summed E-state index contributed by atoms with van der Waals surface area (Å²) in [5.41, 5.74) is -3.25. The van der Waals surface area contributed by atoms with Gasteiger partial charge in [0, 0.05) is 0 Å². The number of hydrogen-bond acceptors (Lipinski definition) is 3. The monoisotopic (exact) mass is 340 g/mol.